The normalized spacial score (nSPS) is 13.2. The number of carbonyl (C=O) groups excluding carboxylic acids is 1. The van der Waals surface area contributed by atoms with Crippen molar-refractivity contribution < 1.29 is 4.79 Å². The molecule has 5 nitrogen and oxygen atoms in total. The summed E-state index contributed by atoms with van der Waals surface area (Å²) in [5, 5.41) is 3.85. The van der Waals surface area contributed by atoms with Crippen molar-refractivity contribution in [3.05, 3.63) is 81.6 Å². The minimum absolute atomic E-state index is 0.0724. The minimum atomic E-state index is -0.0724. The van der Waals surface area contributed by atoms with Crippen LogP contribution in [0.4, 0.5) is 11.6 Å². The van der Waals surface area contributed by atoms with Crippen LogP contribution in [-0.2, 0) is 13.0 Å². The average molecular weight is 399 g/mol. The van der Waals surface area contributed by atoms with E-state index in [9.17, 15) is 4.79 Å². The van der Waals surface area contributed by atoms with Gasteiger partial charge in [-0.1, -0.05) is 53.5 Å². The molecule has 1 aliphatic heterocycles. The fraction of sp³-hybridized carbons (Fsp3) is 0.150. The van der Waals surface area contributed by atoms with Crippen molar-refractivity contribution in [3.8, 4) is 0 Å². The quantitative estimate of drug-likeness (QED) is 0.692. The Labute approximate surface area is 167 Å². The number of fused-ring (bicyclic) bond motifs is 1. The van der Waals surface area contributed by atoms with Gasteiger partial charge in [0.15, 0.2) is 0 Å². The van der Waals surface area contributed by atoms with E-state index in [-0.39, 0.29) is 5.91 Å². The smallest absolute Gasteiger partial charge is 0.257 e. The third kappa shape index (κ3) is 3.75. The first kappa shape index (κ1) is 17.8. The van der Waals surface area contributed by atoms with E-state index in [4.69, 9.17) is 23.2 Å². The summed E-state index contributed by atoms with van der Waals surface area (Å²) < 4.78 is 0. The molecule has 0 radical (unpaired) electrons. The maximum atomic E-state index is 12.8. The Hall–Kier alpha value is -2.63. The minimum Gasteiger partial charge on any atom is -0.334 e. The number of halogens is 2. The largest absolute Gasteiger partial charge is 0.334 e. The summed E-state index contributed by atoms with van der Waals surface area (Å²) in [6, 6.07) is 13.5. The molecule has 0 atom stereocenters. The highest BCUT2D eigenvalue weighted by atomic mass is 35.5. The number of rotatable bonds is 3. The Morgan fingerprint density at radius 1 is 1.00 bits per heavy atom. The lowest BCUT2D eigenvalue weighted by atomic mass is 9.99. The van der Waals surface area contributed by atoms with Crippen LogP contribution in [-0.4, -0.2) is 27.3 Å². The van der Waals surface area contributed by atoms with Gasteiger partial charge in [0, 0.05) is 25.5 Å². The predicted octanol–water partition coefficient (Wildman–Crippen LogP) is 4.73. The summed E-state index contributed by atoms with van der Waals surface area (Å²) in [5.41, 5.74) is 3.55. The molecule has 0 aliphatic carbocycles. The zero-order valence-corrected chi connectivity index (χ0v) is 15.8. The Bertz CT molecular complexity index is 992. The molecule has 27 heavy (non-hydrogen) atoms. The summed E-state index contributed by atoms with van der Waals surface area (Å²) >= 11 is 12.2. The molecule has 0 spiro atoms. The summed E-state index contributed by atoms with van der Waals surface area (Å²) in [7, 11) is 0. The second-order valence-electron chi connectivity index (χ2n) is 6.27. The second-order valence-corrected chi connectivity index (χ2v) is 7.05. The molecule has 7 heteroatoms. The monoisotopic (exact) mass is 398 g/mol. The number of nitrogens with zero attached hydrogens (tertiary/aromatic N) is 3. The molecular weight excluding hydrogens is 383 g/mol. The van der Waals surface area contributed by atoms with Gasteiger partial charge in [-0.15, -0.1) is 0 Å². The van der Waals surface area contributed by atoms with Crippen LogP contribution in [0.5, 0.6) is 0 Å². The number of benzene rings is 2. The molecular formula is C20H16Cl2N4O. The number of aromatic nitrogens is 2. The molecule has 1 aromatic heterocycles. The van der Waals surface area contributed by atoms with Gasteiger partial charge in [-0.3, -0.25) is 4.79 Å². The van der Waals surface area contributed by atoms with Gasteiger partial charge in [-0.2, -0.15) is 0 Å². The van der Waals surface area contributed by atoms with Crippen LogP contribution >= 0.6 is 23.2 Å². The number of anilines is 2. The van der Waals surface area contributed by atoms with Gasteiger partial charge in [0.1, 0.15) is 0 Å². The lowest BCUT2D eigenvalue weighted by molar-refractivity contribution is 0.0734. The molecule has 1 N–H and O–H groups in total. The summed E-state index contributed by atoms with van der Waals surface area (Å²) in [6.45, 7) is 1.29. The van der Waals surface area contributed by atoms with Crippen molar-refractivity contribution in [3.63, 3.8) is 0 Å². The van der Waals surface area contributed by atoms with Gasteiger partial charge >= 0.3 is 0 Å². The fourth-order valence-electron chi connectivity index (χ4n) is 3.08. The summed E-state index contributed by atoms with van der Waals surface area (Å²) in [4.78, 5) is 23.1. The first-order valence-electron chi connectivity index (χ1n) is 8.51. The van der Waals surface area contributed by atoms with Crippen LogP contribution in [0.25, 0.3) is 0 Å². The van der Waals surface area contributed by atoms with Crippen molar-refractivity contribution in [1.82, 2.24) is 14.9 Å². The summed E-state index contributed by atoms with van der Waals surface area (Å²) in [6.07, 6.45) is 3.91. The lowest BCUT2D eigenvalue weighted by Gasteiger charge is -2.28. The zero-order chi connectivity index (χ0) is 18.8. The van der Waals surface area contributed by atoms with E-state index in [1.54, 1.807) is 18.2 Å². The molecule has 1 aliphatic rings. The van der Waals surface area contributed by atoms with Crippen molar-refractivity contribution >= 4 is 40.7 Å². The van der Waals surface area contributed by atoms with E-state index in [0.29, 0.717) is 40.3 Å². The predicted molar refractivity (Wildman–Crippen MR) is 107 cm³/mol. The molecule has 0 saturated carbocycles. The number of hydrogen-bond donors (Lipinski definition) is 1. The van der Waals surface area contributed by atoms with Crippen molar-refractivity contribution in [2.24, 2.45) is 0 Å². The molecule has 1 amide bonds. The highest BCUT2D eigenvalue weighted by Crippen LogP contribution is 2.30. The highest BCUT2D eigenvalue weighted by Gasteiger charge is 2.22. The average Bonchev–Trinajstić information content (AvgIpc) is 2.71. The van der Waals surface area contributed by atoms with Crippen LogP contribution in [0.1, 0.15) is 21.5 Å². The van der Waals surface area contributed by atoms with Gasteiger partial charge in [0.25, 0.3) is 5.91 Å². The van der Waals surface area contributed by atoms with E-state index >= 15 is 0 Å². The van der Waals surface area contributed by atoms with Crippen molar-refractivity contribution in [2.75, 3.05) is 11.9 Å². The third-order valence-corrected chi connectivity index (χ3v) is 5.33. The van der Waals surface area contributed by atoms with Crippen LogP contribution in [0.2, 0.25) is 10.0 Å². The molecule has 4 rings (SSSR count). The van der Waals surface area contributed by atoms with Crippen molar-refractivity contribution in [1.29, 1.82) is 0 Å². The second kappa shape index (κ2) is 7.55. The zero-order valence-electron chi connectivity index (χ0n) is 14.3. The number of amides is 1. The van der Waals surface area contributed by atoms with Crippen molar-refractivity contribution in [2.45, 2.75) is 13.0 Å². The Balaban J connectivity index is 1.47. The number of carbonyl (C=O) groups is 1. The Morgan fingerprint density at radius 2 is 1.74 bits per heavy atom. The first-order valence-corrected chi connectivity index (χ1v) is 9.26. The van der Waals surface area contributed by atoms with Crippen LogP contribution < -0.4 is 5.32 Å². The first-order chi connectivity index (χ1) is 13.1. The molecule has 0 unspecified atom stereocenters. The molecule has 2 heterocycles. The van der Waals surface area contributed by atoms with Crippen LogP contribution in [0.3, 0.4) is 0 Å². The molecule has 0 bridgehead atoms. The van der Waals surface area contributed by atoms with Gasteiger partial charge in [-0.25, -0.2) is 9.97 Å². The lowest BCUT2D eigenvalue weighted by Crippen LogP contribution is -2.36. The van der Waals surface area contributed by atoms with Gasteiger partial charge in [0.05, 0.1) is 21.3 Å². The molecule has 136 valence electrons. The Kier molecular flexibility index (Phi) is 4.97. The SMILES string of the molecule is O=C(c1cnc(Nc2cccc(Cl)c2Cl)nc1)N1CCc2ccccc2C1. The molecule has 0 saturated heterocycles. The van der Waals surface area contributed by atoms with E-state index in [1.165, 1.54) is 23.5 Å². The third-order valence-electron chi connectivity index (χ3n) is 4.51. The van der Waals surface area contributed by atoms with Gasteiger partial charge < -0.3 is 10.2 Å². The van der Waals surface area contributed by atoms with E-state index in [1.807, 2.05) is 17.0 Å². The highest BCUT2D eigenvalue weighted by molar-refractivity contribution is 6.43. The maximum absolute atomic E-state index is 12.8. The van der Waals surface area contributed by atoms with E-state index in [2.05, 4.69) is 27.4 Å². The standard InChI is InChI=1S/C20H16Cl2N4O/c21-16-6-3-7-17(18(16)22)25-20-23-10-15(11-24-20)19(27)26-9-8-13-4-1-2-5-14(13)12-26/h1-7,10-11H,8-9,12H2,(H,23,24,25). The van der Waals surface area contributed by atoms with E-state index < -0.39 is 0 Å². The van der Waals surface area contributed by atoms with Gasteiger partial charge in [-0.05, 0) is 29.7 Å². The molecule has 0 fully saturated rings. The topological polar surface area (TPSA) is 58.1 Å². The number of hydrogen-bond acceptors (Lipinski definition) is 4. The fourth-order valence-corrected chi connectivity index (χ4v) is 3.42. The number of nitrogens with one attached hydrogen (secondary N) is 1. The van der Waals surface area contributed by atoms with Gasteiger partial charge in [0.2, 0.25) is 5.95 Å². The molecule has 3 aromatic rings. The molecule has 2 aromatic carbocycles. The van der Waals surface area contributed by atoms with Crippen LogP contribution in [0.15, 0.2) is 54.9 Å². The van der Waals surface area contributed by atoms with E-state index in [0.717, 1.165) is 6.42 Å². The van der Waals surface area contributed by atoms with Crippen LogP contribution in [0, 0.1) is 0 Å². The maximum Gasteiger partial charge on any atom is 0.257 e. The Morgan fingerprint density at radius 3 is 2.52 bits per heavy atom. The summed E-state index contributed by atoms with van der Waals surface area (Å²) in [5.74, 6) is 0.275.